The maximum atomic E-state index is 5.81. The number of nitrogens with zero attached hydrogens (tertiary/aromatic N) is 2. The molecular formula is C11H12ClN3. The molecule has 0 saturated heterocycles. The van der Waals surface area contributed by atoms with E-state index < -0.39 is 0 Å². The van der Waals surface area contributed by atoms with Gasteiger partial charge in [0.15, 0.2) is 0 Å². The van der Waals surface area contributed by atoms with Gasteiger partial charge in [0.25, 0.3) is 0 Å². The van der Waals surface area contributed by atoms with Gasteiger partial charge in [-0.05, 0) is 31.2 Å². The van der Waals surface area contributed by atoms with Crippen LogP contribution in [0.1, 0.15) is 18.5 Å². The standard InChI is InChI=1S/C11H12ClN3/c1-8(13)9-6-14-15(7-9)11-4-2-10(12)3-5-11/h2-8H,13H2,1H3/t8-/m0/s1. The van der Waals surface area contributed by atoms with Crippen molar-refractivity contribution >= 4 is 11.6 Å². The maximum absolute atomic E-state index is 5.81. The average molecular weight is 222 g/mol. The normalized spacial score (nSPS) is 12.7. The second-order valence-electron chi connectivity index (χ2n) is 3.48. The summed E-state index contributed by atoms with van der Waals surface area (Å²) in [5, 5.41) is 4.95. The van der Waals surface area contributed by atoms with Crippen molar-refractivity contribution in [2.24, 2.45) is 5.73 Å². The van der Waals surface area contributed by atoms with E-state index in [9.17, 15) is 0 Å². The Kier molecular flexibility index (Phi) is 2.75. The van der Waals surface area contributed by atoms with Gasteiger partial charge in [-0.1, -0.05) is 11.6 Å². The molecule has 2 N–H and O–H groups in total. The third-order valence-corrected chi connectivity index (χ3v) is 2.47. The number of halogens is 1. The lowest BCUT2D eigenvalue weighted by atomic mass is 10.2. The zero-order valence-corrected chi connectivity index (χ0v) is 9.15. The fraction of sp³-hybridized carbons (Fsp3) is 0.182. The van der Waals surface area contributed by atoms with Gasteiger partial charge in [-0.25, -0.2) is 4.68 Å². The molecule has 1 heterocycles. The Morgan fingerprint density at radius 1 is 1.33 bits per heavy atom. The van der Waals surface area contributed by atoms with E-state index >= 15 is 0 Å². The van der Waals surface area contributed by atoms with Crippen LogP contribution in [0.3, 0.4) is 0 Å². The number of benzene rings is 1. The van der Waals surface area contributed by atoms with Crippen LogP contribution in [0.15, 0.2) is 36.7 Å². The van der Waals surface area contributed by atoms with Gasteiger partial charge in [0.05, 0.1) is 11.9 Å². The summed E-state index contributed by atoms with van der Waals surface area (Å²) in [7, 11) is 0. The van der Waals surface area contributed by atoms with E-state index in [4.69, 9.17) is 17.3 Å². The molecule has 2 rings (SSSR count). The van der Waals surface area contributed by atoms with Gasteiger partial charge in [0.2, 0.25) is 0 Å². The van der Waals surface area contributed by atoms with E-state index in [0.717, 1.165) is 16.3 Å². The van der Waals surface area contributed by atoms with Crippen molar-refractivity contribution in [2.75, 3.05) is 0 Å². The van der Waals surface area contributed by atoms with Crippen LogP contribution in [0, 0.1) is 0 Å². The van der Waals surface area contributed by atoms with Crippen LogP contribution >= 0.6 is 11.6 Å². The molecule has 0 amide bonds. The Labute approximate surface area is 93.5 Å². The fourth-order valence-corrected chi connectivity index (χ4v) is 1.43. The van der Waals surface area contributed by atoms with E-state index in [2.05, 4.69) is 5.10 Å². The average Bonchev–Trinajstić information content (AvgIpc) is 2.68. The highest BCUT2D eigenvalue weighted by molar-refractivity contribution is 6.30. The topological polar surface area (TPSA) is 43.8 Å². The van der Waals surface area contributed by atoms with Gasteiger partial charge in [-0.15, -0.1) is 0 Å². The van der Waals surface area contributed by atoms with Crippen LogP contribution in [0.2, 0.25) is 5.02 Å². The Bertz CT molecular complexity index is 445. The molecule has 1 aromatic carbocycles. The first-order valence-electron chi connectivity index (χ1n) is 4.73. The van der Waals surface area contributed by atoms with Crippen molar-refractivity contribution < 1.29 is 0 Å². The molecule has 0 radical (unpaired) electrons. The minimum atomic E-state index is 0.00560. The van der Waals surface area contributed by atoms with Crippen molar-refractivity contribution in [3.8, 4) is 5.69 Å². The predicted octanol–water partition coefficient (Wildman–Crippen LogP) is 2.55. The van der Waals surface area contributed by atoms with E-state index in [1.807, 2.05) is 37.4 Å². The highest BCUT2D eigenvalue weighted by Crippen LogP contribution is 2.15. The molecule has 78 valence electrons. The second kappa shape index (κ2) is 4.04. The summed E-state index contributed by atoms with van der Waals surface area (Å²) in [6.07, 6.45) is 3.70. The SMILES string of the molecule is C[C@H](N)c1cnn(-c2ccc(Cl)cc2)c1. The summed E-state index contributed by atoms with van der Waals surface area (Å²) in [6.45, 7) is 1.93. The van der Waals surface area contributed by atoms with Gasteiger partial charge in [-0.2, -0.15) is 5.10 Å². The maximum Gasteiger partial charge on any atom is 0.0646 e. The van der Waals surface area contributed by atoms with Crippen LogP contribution < -0.4 is 5.73 Å². The van der Waals surface area contributed by atoms with Gasteiger partial charge < -0.3 is 5.73 Å². The summed E-state index contributed by atoms with van der Waals surface area (Å²) < 4.78 is 1.79. The number of nitrogens with two attached hydrogens (primary N) is 1. The number of hydrogen-bond acceptors (Lipinski definition) is 2. The largest absolute Gasteiger partial charge is 0.324 e. The van der Waals surface area contributed by atoms with Crippen LogP contribution in [0.4, 0.5) is 0 Å². The Morgan fingerprint density at radius 2 is 2.00 bits per heavy atom. The zero-order chi connectivity index (χ0) is 10.8. The summed E-state index contributed by atoms with van der Waals surface area (Å²) >= 11 is 5.81. The molecule has 0 bridgehead atoms. The molecule has 0 aliphatic heterocycles. The summed E-state index contributed by atoms with van der Waals surface area (Å²) in [5.74, 6) is 0. The van der Waals surface area contributed by atoms with Crippen molar-refractivity contribution in [3.63, 3.8) is 0 Å². The predicted molar refractivity (Wildman–Crippen MR) is 61.2 cm³/mol. The molecule has 0 saturated carbocycles. The highest BCUT2D eigenvalue weighted by Gasteiger charge is 2.03. The van der Waals surface area contributed by atoms with Crippen LogP contribution in [-0.2, 0) is 0 Å². The quantitative estimate of drug-likeness (QED) is 0.847. The first-order chi connectivity index (χ1) is 7.16. The third kappa shape index (κ3) is 2.19. The summed E-state index contributed by atoms with van der Waals surface area (Å²) in [6, 6.07) is 7.51. The van der Waals surface area contributed by atoms with E-state index in [0.29, 0.717) is 0 Å². The molecule has 1 atom stereocenters. The van der Waals surface area contributed by atoms with Crippen molar-refractivity contribution in [3.05, 3.63) is 47.2 Å². The molecule has 0 fully saturated rings. The smallest absolute Gasteiger partial charge is 0.0646 e. The molecule has 3 nitrogen and oxygen atoms in total. The molecule has 0 unspecified atom stereocenters. The number of aromatic nitrogens is 2. The highest BCUT2D eigenvalue weighted by atomic mass is 35.5. The summed E-state index contributed by atoms with van der Waals surface area (Å²) in [5.41, 5.74) is 7.75. The Hall–Kier alpha value is -1.32. The number of hydrogen-bond donors (Lipinski definition) is 1. The molecule has 0 spiro atoms. The second-order valence-corrected chi connectivity index (χ2v) is 3.92. The molecule has 4 heteroatoms. The Balaban J connectivity index is 2.33. The minimum Gasteiger partial charge on any atom is -0.324 e. The zero-order valence-electron chi connectivity index (χ0n) is 8.39. The van der Waals surface area contributed by atoms with Crippen LogP contribution in [0.5, 0.6) is 0 Å². The van der Waals surface area contributed by atoms with Crippen LogP contribution in [0.25, 0.3) is 5.69 Å². The fourth-order valence-electron chi connectivity index (χ4n) is 1.31. The lowest BCUT2D eigenvalue weighted by Gasteiger charge is -2.01. The van der Waals surface area contributed by atoms with Gasteiger partial charge in [0, 0.05) is 22.8 Å². The number of rotatable bonds is 2. The lowest BCUT2D eigenvalue weighted by molar-refractivity contribution is 0.816. The third-order valence-electron chi connectivity index (χ3n) is 2.22. The van der Waals surface area contributed by atoms with Crippen molar-refractivity contribution in [1.29, 1.82) is 0 Å². The first kappa shape index (κ1) is 10.2. The van der Waals surface area contributed by atoms with Gasteiger partial charge >= 0.3 is 0 Å². The monoisotopic (exact) mass is 221 g/mol. The van der Waals surface area contributed by atoms with Crippen molar-refractivity contribution in [1.82, 2.24) is 9.78 Å². The van der Waals surface area contributed by atoms with Gasteiger partial charge in [0.1, 0.15) is 0 Å². The molecular weight excluding hydrogens is 210 g/mol. The lowest BCUT2D eigenvalue weighted by Crippen LogP contribution is -2.03. The molecule has 2 aromatic rings. The van der Waals surface area contributed by atoms with E-state index in [1.54, 1.807) is 10.9 Å². The van der Waals surface area contributed by atoms with Gasteiger partial charge in [-0.3, -0.25) is 0 Å². The minimum absolute atomic E-state index is 0.00560. The first-order valence-corrected chi connectivity index (χ1v) is 5.11. The van der Waals surface area contributed by atoms with E-state index in [-0.39, 0.29) is 6.04 Å². The van der Waals surface area contributed by atoms with Crippen LogP contribution in [-0.4, -0.2) is 9.78 Å². The Morgan fingerprint density at radius 3 is 2.53 bits per heavy atom. The van der Waals surface area contributed by atoms with E-state index in [1.165, 1.54) is 0 Å². The van der Waals surface area contributed by atoms with Crippen molar-refractivity contribution in [2.45, 2.75) is 13.0 Å². The molecule has 1 aromatic heterocycles. The summed E-state index contributed by atoms with van der Waals surface area (Å²) in [4.78, 5) is 0. The molecule has 15 heavy (non-hydrogen) atoms. The molecule has 0 aliphatic carbocycles. The molecule has 0 aliphatic rings.